The number of carbonyl (C=O) groups excluding carboxylic acids is 1. The van der Waals surface area contributed by atoms with E-state index in [-0.39, 0.29) is 24.2 Å². The molecule has 1 aliphatic heterocycles. The molecule has 0 atom stereocenters. The zero-order chi connectivity index (χ0) is 17.3. The van der Waals surface area contributed by atoms with Crippen molar-refractivity contribution in [3.8, 4) is 0 Å². The molecule has 130 valence electrons. The Morgan fingerprint density at radius 1 is 1.25 bits per heavy atom. The monoisotopic (exact) mass is 359 g/mol. The van der Waals surface area contributed by atoms with Crippen LogP contribution in [0.15, 0.2) is 24.3 Å². The minimum atomic E-state index is -4.49. The van der Waals surface area contributed by atoms with Gasteiger partial charge in [-0.05, 0) is 30.9 Å². The molecule has 0 aliphatic carbocycles. The third-order valence-corrected chi connectivity index (χ3v) is 4.66. The zero-order valence-electron chi connectivity index (χ0n) is 12.9. The molecule has 1 aromatic heterocycles. The Morgan fingerprint density at radius 3 is 2.54 bits per heavy atom. The second kappa shape index (κ2) is 6.63. The number of imidazole rings is 1. The molecule has 0 N–H and O–H groups in total. The minimum Gasteiger partial charge on any atom is -0.342 e. The quantitative estimate of drug-likeness (QED) is 0.786. The van der Waals surface area contributed by atoms with Crippen molar-refractivity contribution in [1.82, 2.24) is 14.5 Å². The second-order valence-corrected chi connectivity index (χ2v) is 6.26. The van der Waals surface area contributed by atoms with Crippen LogP contribution in [0.2, 0.25) is 0 Å². The van der Waals surface area contributed by atoms with Crippen molar-refractivity contribution in [3.63, 3.8) is 0 Å². The average molecular weight is 360 g/mol. The van der Waals surface area contributed by atoms with Gasteiger partial charge in [0.2, 0.25) is 11.7 Å². The molecule has 1 amide bonds. The van der Waals surface area contributed by atoms with Crippen molar-refractivity contribution in [2.45, 2.75) is 25.6 Å². The molecule has 0 spiro atoms. The first kappa shape index (κ1) is 17.1. The number of nitrogens with zero attached hydrogens (tertiary/aromatic N) is 3. The summed E-state index contributed by atoms with van der Waals surface area (Å²) in [5.74, 6) is -0.972. The summed E-state index contributed by atoms with van der Waals surface area (Å²) in [7, 11) is 0. The molecule has 0 saturated carbocycles. The van der Waals surface area contributed by atoms with Gasteiger partial charge in [0.15, 0.2) is 0 Å². The molecule has 0 radical (unpaired) electrons. The summed E-state index contributed by atoms with van der Waals surface area (Å²) >= 11 is 5.54. The topological polar surface area (TPSA) is 38.1 Å². The summed E-state index contributed by atoms with van der Waals surface area (Å²) in [6, 6.07) is 6.63. The Bertz CT molecular complexity index is 736. The number of piperidine rings is 1. The number of hydrogen-bond donors (Lipinski definition) is 0. The van der Waals surface area contributed by atoms with E-state index in [4.69, 9.17) is 11.6 Å². The molecule has 1 aliphatic rings. The van der Waals surface area contributed by atoms with Gasteiger partial charge in [0.25, 0.3) is 0 Å². The van der Waals surface area contributed by atoms with Crippen LogP contribution < -0.4 is 0 Å². The molecule has 2 heterocycles. The van der Waals surface area contributed by atoms with Gasteiger partial charge in [0, 0.05) is 19.6 Å². The maximum absolute atomic E-state index is 13.3. The summed E-state index contributed by atoms with van der Waals surface area (Å²) < 4.78 is 41.2. The van der Waals surface area contributed by atoms with Crippen molar-refractivity contribution in [2.24, 2.45) is 5.92 Å². The molecule has 0 bridgehead atoms. The van der Waals surface area contributed by atoms with E-state index in [0.29, 0.717) is 37.0 Å². The molecule has 1 saturated heterocycles. The van der Waals surface area contributed by atoms with E-state index < -0.39 is 12.0 Å². The molecule has 1 aromatic carbocycles. The van der Waals surface area contributed by atoms with Crippen LogP contribution in [0.3, 0.4) is 0 Å². The first-order valence-electron chi connectivity index (χ1n) is 7.76. The van der Waals surface area contributed by atoms with E-state index >= 15 is 0 Å². The van der Waals surface area contributed by atoms with Crippen molar-refractivity contribution in [2.75, 3.05) is 19.0 Å². The largest absolute Gasteiger partial charge is 0.449 e. The van der Waals surface area contributed by atoms with Gasteiger partial charge in [-0.2, -0.15) is 13.2 Å². The number of halogens is 4. The Kier molecular flexibility index (Phi) is 4.71. The van der Waals surface area contributed by atoms with Crippen LogP contribution >= 0.6 is 11.6 Å². The molecule has 2 aromatic rings. The van der Waals surface area contributed by atoms with E-state index in [2.05, 4.69) is 4.98 Å². The van der Waals surface area contributed by atoms with Crippen LogP contribution in [-0.2, 0) is 17.5 Å². The number of alkyl halides is 4. The van der Waals surface area contributed by atoms with Gasteiger partial charge in [-0.15, -0.1) is 11.6 Å². The smallest absolute Gasteiger partial charge is 0.342 e. The lowest BCUT2D eigenvalue weighted by atomic mass is 9.96. The first-order valence-corrected chi connectivity index (χ1v) is 8.30. The van der Waals surface area contributed by atoms with Crippen LogP contribution in [-0.4, -0.2) is 39.3 Å². The van der Waals surface area contributed by atoms with Crippen molar-refractivity contribution in [3.05, 3.63) is 30.1 Å². The molecular weight excluding hydrogens is 343 g/mol. The Morgan fingerprint density at radius 2 is 1.92 bits per heavy atom. The summed E-state index contributed by atoms with van der Waals surface area (Å²) in [6.45, 7) is 1.31. The van der Waals surface area contributed by atoms with Crippen LogP contribution in [0, 0.1) is 5.92 Å². The number of likely N-dealkylation sites (tertiary alicyclic amines) is 1. The van der Waals surface area contributed by atoms with Crippen LogP contribution in [0.4, 0.5) is 13.2 Å². The van der Waals surface area contributed by atoms with Crippen LogP contribution in [0.1, 0.15) is 18.7 Å². The highest BCUT2D eigenvalue weighted by molar-refractivity contribution is 6.27. The number of para-hydroxylation sites is 2. The van der Waals surface area contributed by atoms with Gasteiger partial charge in [-0.25, -0.2) is 4.98 Å². The fourth-order valence-corrected chi connectivity index (χ4v) is 3.35. The molecular formula is C16H17ClF3N3O. The highest BCUT2D eigenvalue weighted by atomic mass is 35.5. The van der Waals surface area contributed by atoms with Gasteiger partial charge < -0.3 is 9.47 Å². The lowest BCUT2D eigenvalue weighted by molar-refractivity contribution is -0.147. The van der Waals surface area contributed by atoms with Gasteiger partial charge in [-0.1, -0.05) is 12.1 Å². The lowest BCUT2D eigenvalue weighted by Crippen LogP contribution is -2.40. The van der Waals surface area contributed by atoms with Crippen molar-refractivity contribution >= 4 is 28.5 Å². The molecule has 1 fully saturated rings. The van der Waals surface area contributed by atoms with E-state index in [1.165, 1.54) is 4.57 Å². The molecule has 0 unspecified atom stereocenters. The predicted molar refractivity (Wildman–Crippen MR) is 84.8 cm³/mol. The Hall–Kier alpha value is -1.76. The standard InChI is InChI=1S/C16H17ClF3N3O/c17-9-14(24)22-7-5-11(6-8-22)10-23-13-4-2-1-3-12(13)21-15(23)16(18,19)20/h1-4,11H,5-10H2. The number of rotatable bonds is 3. The predicted octanol–water partition coefficient (Wildman–Crippen LogP) is 3.53. The third kappa shape index (κ3) is 3.36. The van der Waals surface area contributed by atoms with Crippen LogP contribution in [0.5, 0.6) is 0 Å². The highest BCUT2D eigenvalue weighted by Gasteiger charge is 2.38. The van der Waals surface area contributed by atoms with Crippen molar-refractivity contribution < 1.29 is 18.0 Å². The summed E-state index contributed by atoms with van der Waals surface area (Å²) in [4.78, 5) is 17.0. The summed E-state index contributed by atoms with van der Waals surface area (Å²) in [6.07, 6.45) is -3.17. The fourth-order valence-electron chi connectivity index (χ4n) is 3.18. The lowest BCUT2D eigenvalue weighted by Gasteiger charge is -2.32. The van der Waals surface area contributed by atoms with E-state index in [9.17, 15) is 18.0 Å². The number of benzene rings is 1. The zero-order valence-corrected chi connectivity index (χ0v) is 13.6. The number of carbonyl (C=O) groups is 1. The maximum atomic E-state index is 13.3. The van der Waals surface area contributed by atoms with E-state index in [1.54, 1.807) is 29.2 Å². The molecule has 8 heteroatoms. The maximum Gasteiger partial charge on any atom is 0.449 e. The van der Waals surface area contributed by atoms with Crippen molar-refractivity contribution in [1.29, 1.82) is 0 Å². The molecule has 24 heavy (non-hydrogen) atoms. The Balaban J connectivity index is 1.82. The summed E-state index contributed by atoms with van der Waals surface area (Å²) in [5, 5.41) is 0. The minimum absolute atomic E-state index is 0.0605. The normalized spacial score (nSPS) is 16.8. The fraction of sp³-hybridized carbons (Fsp3) is 0.500. The number of hydrogen-bond acceptors (Lipinski definition) is 2. The van der Waals surface area contributed by atoms with Gasteiger partial charge in [-0.3, -0.25) is 4.79 Å². The number of aromatic nitrogens is 2. The Labute approximate surface area is 142 Å². The number of amides is 1. The molecule has 4 nitrogen and oxygen atoms in total. The highest BCUT2D eigenvalue weighted by Crippen LogP contribution is 2.33. The second-order valence-electron chi connectivity index (χ2n) is 5.99. The van der Waals surface area contributed by atoms with Crippen LogP contribution in [0.25, 0.3) is 11.0 Å². The summed E-state index contributed by atoms with van der Waals surface area (Å²) in [5.41, 5.74) is 0.837. The average Bonchev–Trinajstić information content (AvgIpc) is 2.94. The number of fused-ring (bicyclic) bond motifs is 1. The molecule has 3 rings (SSSR count). The first-order chi connectivity index (χ1) is 11.4. The van der Waals surface area contributed by atoms with E-state index in [0.717, 1.165) is 0 Å². The van der Waals surface area contributed by atoms with Gasteiger partial charge >= 0.3 is 6.18 Å². The van der Waals surface area contributed by atoms with E-state index in [1.807, 2.05) is 0 Å². The van der Waals surface area contributed by atoms with Gasteiger partial charge in [0.1, 0.15) is 5.88 Å². The SMILES string of the molecule is O=C(CCl)N1CCC(Cn2c(C(F)(F)F)nc3ccccc32)CC1. The third-order valence-electron chi connectivity index (χ3n) is 4.43. The van der Waals surface area contributed by atoms with Gasteiger partial charge in [0.05, 0.1) is 11.0 Å².